The predicted molar refractivity (Wildman–Crippen MR) is 80.1 cm³/mol. The van der Waals surface area contributed by atoms with Crippen LogP contribution in [-0.4, -0.2) is 17.2 Å². The Morgan fingerprint density at radius 1 is 1.15 bits per heavy atom. The van der Waals surface area contributed by atoms with Crippen LogP contribution in [-0.2, 0) is 0 Å². The molecule has 0 fully saturated rings. The quantitative estimate of drug-likeness (QED) is 0.762. The van der Waals surface area contributed by atoms with Crippen LogP contribution in [0, 0.1) is 6.92 Å². The van der Waals surface area contributed by atoms with E-state index in [0.29, 0.717) is 0 Å². The molecule has 0 aliphatic carbocycles. The van der Waals surface area contributed by atoms with Crippen LogP contribution >= 0.6 is 0 Å². The molecule has 0 aliphatic rings. The van der Waals surface area contributed by atoms with E-state index < -0.39 is 6.10 Å². The molecule has 0 amide bonds. The second-order valence-corrected chi connectivity index (χ2v) is 4.92. The smallest absolute Gasteiger partial charge is 0.121 e. The van der Waals surface area contributed by atoms with E-state index in [1.807, 2.05) is 55.6 Å². The first-order chi connectivity index (χ1) is 9.70. The summed E-state index contributed by atoms with van der Waals surface area (Å²) in [6, 6.07) is 13.7. The number of hydrogen-bond acceptors (Lipinski definition) is 2. The van der Waals surface area contributed by atoms with Gasteiger partial charge in [0.2, 0.25) is 0 Å². The molecule has 0 spiro atoms. The molecule has 3 aromatic rings. The van der Waals surface area contributed by atoms with E-state index in [2.05, 4.69) is 4.98 Å². The van der Waals surface area contributed by atoms with Gasteiger partial charge in [-0.05, 0) is 47.9 Å². The van der Waals surface area contributed by atoms with Crippen molar-refractivity contribution in [3.8, 4) is 5.75 Å². The highest BCUT2D eigenvalue weighted by atomic mass is 16.5. The first-order valence-electron chi connectivity index (χ1n) is 6.59. The zero-order chi connectivity index (χ0) is 14.1. The summed E-state index contributed by atoms with van der Waals surface area (Å²) in [4.78, 5) is 3.16. The minimum absolute atomic E-state index is 0.640. The Hall–Kier alpha value is -2.26. The molecule has 1 heterocycles. The number of fused-ring (bicyclic) bond motifs is 1. The van der Waals surface area contributed by atoms with Gasteiger partial charge in [-0.25, -0.2) is 0 Å². The molecule has 0 radical (unpaired) electrons. The lowest BCUT2D eigenvalue weighted by atomic mass is 9.97. The summed E-state index contributed by atoms with van der Waals surface area (Å²) in [5.74, 6) is 0.834. The molecule has 0 saturated heterocycles. The highest BCUT2D eigenvalue weighted by Gasteiger charge is 2.14. The first-order valence-corrected chi connectivity index (χ1v) is 6.59. The summed E-state index contributed by atoms with van der Waals surface area (Å²) in [7, 11) is 1.65. The number of aliphatic hydroxyl groups is 1. The highest BCUT2D eigenvalue weighted by molar-refractivity contribution is 5.83. The first kappa shape index (κ1) is 12.8. The van der Waals surface area contributed by atoms with Crippen molar-refractivity contribution in [3.63, 3.8) is 0 Å². The van der Waals surface area contributed by atoms with Gasteiger partial charge in [0, 0.05) is 17.1 Å². The van der Waals surface area contributed by atoms with Gasteiger partial charge in [0.25, 0.3) is 0 Å². The Labute approximate surface area is 117 Å². The summed E-state index contributed by atoms with van der Waals surface area (Å²) in [6.45, 7) is 1.98. The molecule has 2 N–H and O–H groups in total. The molecule has 0 bridgehead atoms. The monoisotopic (exact) mass is 267 g/mol. The molecule has 20 heavy (non-hydrogen) atoms. The van der Waals surface area contributed by atoms with E-state index in [1.165, 1.54) is 0 Å². The maximum atomic E-state index is 10.6. The molecular weight excluding hydrogens is 250 g/mol. The Morgan fingerprint density at radius 3 is 2.75 bits per heavy atom. The third-order valence-electron chi connectivity index (χ3n) is 3.66. The van der Waals surface area contributed by atoms with Crippen LogP contribution < -0.4 is 4.74 Å². The average Bonchev–Trinajstić information content (AvgIpc) is 2.94. The Balaban J connectivity index is 2.06. The fourth-order valence-corrected chi connectivity index (χ4v) is 2.60. The standard InChI is InChI=1S/C17H17NO2/c1-11-10-12(6-7-16(11)20-2)17(19)14-4-3-5-15-13(14)8-9-18-15/h3-10,17-19H,1-2H3. The highest BCUT2D eigenvalue weighted by Crippen LogP contribution is 2.30. The number of H-pyrrole nitrogens is 1. The number of rotatable bonds is 3. The lowest BCUT2D eigenvalue weighted by Gasteiger charge is -2.14. The van der Waals surface area contributed by atoms with E-state index in [0.717, 1.165) is 33.3 Å². The molecule has 2 aromatic carbocycles. The van der Waals surface area contributed by atoms with E-state index in [1.54, 1.807) is 7.11 Å². The molecule has 3 nitrogen and oxygen atoms in total. The number of hydrogen-bond donors (Lipinski definition) is 2. The fraction of sp³-hybridized carbons (Fsp3) is 0.176. The van der Waals surface area contributed by atoms with Crippen molar-refractivity contribution < 1.29 is 9.84 Å². The fourth-order valence-electron chi connectivity index (χ4n) is 2.60. The van der Waals surface area contributed by atoms with Crippen LogP contribution in [0.15, 0.2) is 48.7 Å². The van der Waals surface area contributed by atoms with Gasteiger partial charge in [0.05, 0.1) is 7.11 Å². The third kappa shape index (κ3) is 2.06. The second-order valence-electron chi connectivity index (χ2n) is 4.92. The SMILES string of the molecule is COc1ccc(C(O)c2cccc3[nH]ccc23)cc1C. The van der Waals surface area contributed by atoms with Crippen LogP contribution in [0.25, 0.3) is 10.9 Å². The van der Waals surface area contributed by atoms with E-state index in [4.69, 9.17) is 4.74 Å². The van der Waals surface area contributed by atoms with Gasteiger partial charge >= 0.3 is 0 Å². The zero-order valence-corrected chi connectivity index (χ0v) is 11.6. The third-order valence-corrected chi connectivity index (χ3v) is 3.66. The summed E-state index contributed by atoms with van der Waals surface area (Å²) < 4.78 is 5.26. The van der Waals surface area contributed by atoms with Crippen molar-refractivity contribution in [2.24, 2.45) is 0 Å². The van der Waals surface area contributed by atoms with E-state index >= 15 is 0 Å². The maximum Gasteiger partial charge on any atom is 0.121 e. The maximum absolute atomic E-state index is 10.6. The molecule has 0 aliphatic heterocycles. The number of ether oxygens (including phenoxy) is 1. The van der Waals surface area contributed by atoms with Crippen LogP contribution in [0.4, 0.5) is 0 Å². The molecular formula is C17H17NO2. The second kappa shape index (κ2) is 5.02. The summed E-state index contributed by atoms with van der Waals surface area (Å²) in [6.07, 6.45) is 1.25. The summed E-state index contributed by atoms with van der Waals surface area (Å²) in [5.41, 5.74) is 3.84. The Kier molecular flexibility index (Phi) is 3.20. The number of benzene rings is 2. The van der Waals surface area contributed by atoms with Crippen molar-refractivity contribution >= 4 is 10.9 Å². The number of aromatic amines is 1. The molecule has 1 unspecified atom stereocenters. The zero-order valence-electron chi connectivity index (χ0n) is 11.6. The molecule has 3 heteroatoms. The van der Waals surface area contributed by atoms with Crippen LogP contribution in [0.1, 0.15) is 22.8 Å². The molecule has 3 rings (SSSR count). The van der Waals surface area contributed by atoms with Gasteiger partial charge in [-0.1, -0.05) is 18.2 Å². The van der Waals surface area contributed by atoms with Gasteiger partial charge in [-0.2, -0.15) is 0 Å². The van der Waals surface area contributed by atoms with Gasteiger partial charge in [-0.15, -0.1) is 0 Å². The van der Waals surface area contributed by atoms with Crippen molar-refractivity contribution in [2.75, 3.05) is 7.11 Å². The Morgan fingerprint density at radius 2 is 2.00 bits per heavy atom. The molecule has 1 atom stereocenters. The number of aromatic nitrogens is 1. The molecule has 102 valence electrons. The normalized spacial score (nSPS) is 12.6. The van der Waals surface area contributed by atoms with Gasteiger partial charge in [-0.3, -0.25) is 0 Å². The van der Waals surface area contributed by atoms with E-state index in [-0.39, 0.29) is 0 Å². The van der Waals surface area contributed by atoms with Crippen molar-refractivity contribution in [2.45, 2.75) is 13.0 Å². The number of aliphatic hydroxyl groups excluding tert-OH is 1. The molecule has 0 saturated carbocycles. The lowest BCUT2D eigenvalue weighted by molar-refractivity contribution is 0.221. The van der Waals surface area contributed by atoms with Gasteiger partial charge in [0.1, 0.15) is 11.9 Å². The van der Waals surface area contributed by atoms with Crippen LogP contribution in [0.3, 0.4) is 0 Å². The van der Waals surface area contributed by atoms with Crippen molar-refractivity contribution in [1.82, 2.24) is 4.98 Å². The summed E-state index contributed by atoms with van der Waals surface area (Å²) >= 11 is 0. The predicted octanol–water partition coefficient (Wildman–Crippen LogP) is 3.57. The van der Waals surface area contributed by atoms with Gasteiger partial charge in [0.15, 0.2) is 0 Å². The Bertz CT molecular complexity index is 746. The van der Waals surface area contributed by atoms with Gasteiger partial charge < -0.3 is 14.8 Å². The van der Waals surface area contributed by atoms with E-state index in [9.17, 15) is 5.11 Å². The van der Waals surface area contributed by atoms with Crippen LogP contribution in [0.2, 0.25) is 0 Å². The largest absolute Gasteiger partial charge is 0.496 e. The minimum atomic E-state index is -0.640. The molecule has 1 aromatic heterocycles. The number of nitrogens with one attached hydrogen (secondary N) is 1. The number of methoxy groups -OCH3 is 1. The average molecular weight is 267 g/mol. The minimum Gasteiger partial charge on any atom is -0.496 e. The van der Waals surface area contributed by atoms with Crippen molar-refractivity contribution in [1.29, 1.82) is 0 Å². The number of aryl methyl sites for hydroxylation is 1. The lowest BCUT2D eigenvalue weighted by Crippen LogP contribution is -2.01. The van der Waals surface area contributed by atoms with Crippen LogP contribution in [0.5, 0.6) is 5.75 Å². The van der Waals surface area contributed by atoms with Crippen molar-refractivity contribution in [3.05, 3.63) is 65.4 Å². The summed E-state index contributed by atoms with van der Waals surface area (Å²) in [5, 5.41) is 11.7. The topological polar surface area (TPSA) is 45.2 Å².